The molecule has 0 aliphatic heterocycles. The number of rotatable bonds is 4. The first-order valence-electron chi connectivity index (χ1n) is 8.58. The minimum atomic E-state index is 1.16. The molecule has 4 aromatic rings. The Balaban J connectivity index is 1.61. The average molecular weight is 447 g/mol. The van der Waals surface area contributed by atoms with Crippen LogP contribution in [-0.4, -0.2) is 0 Å². The van der Waals surface area contributed by atoms with Crippen LogP contribution in [0.4, 0.5) is 11.4 Å². The van der Waals surface area contributed by atoms with Crippen LogP contribution in [0.1, 0.15) is 0 Å². The molecule has 0 N–H and O–H groups in total. The highest BCUT2D eigenvalue weighted by Crippen LogP contribution is 2.33. The Hall–Kier alpha value is -2.59. The van der Waals surface area contributed by atoms with Gasteiger partial charge in [0.2, 0.25) is 0 Å². The van der Waals surface area contributed by atoms with Crippen molar-refractivity contribution in [3.05, 3.63) is 109 Å². The highest BCUT2D eigenvalue weighted by Gasteiger charge is 2.08. The van der Waals surface area contributed by atoms with Crippen LogP contribution >= 0.6 is 22.9 Å². The Morgan fingerprint density at radius 3 is 1.54 bits per heavy atom. The van der Waals surface area contributed by atoms with Crippen LogP contribution in [0.5, 0.6) is 0 Å². The van der Waals surface area contributed by atoms with Crippen molar-refractivity contribution in [3.63, 3.8) is 0 Å². The Morgan fingerprint density at radius 1 is 0.423 bits per heavy atom. The van der Waals surface area contributed by atoms with Crippen molar-refractivity contribution in [2.75, 3.05) is 3.11 Å². The zero-order valence-electron chi connectivity index (χ0n) is 14.2. The quantitative estimate of drug-likeness (QED) is 0.231. The minimum Gasteiger partial charge on any atom is -0.283 e. The summed E-state index contributed by atoms with van der Waals surface area (Å²) in [6.07, 6.45) is 0. The molecule has 0 amide bonds. The van der Waals surface area contributed by atoms with E-state index in [0.29, 0.717) is 0 Å². The predicted octanol–water partition coefficient (Wildman–Crippen LogP) is 7.51. The van der Waals surface area contributed by atoms with Gasteiger partial charge >= 0.3 is 0 Å². The van der Waals surface area contributed by atoms with Crippen molar-refractivity contribution >= 4 is 34.2 Å². The van der Waals surface area contributed by atoms with Gasteiger partial charge in [0.1, 0.15) is 0 Å². The molecular weight excluding hydrogens is 429 g/mol. The van der Waals surface area contributed by atoms with E-state index in [1.54, 1.807) is 0 Å². The van der Waals surface area contributed by atoms with Crippen molar-refractivity contribution < 1.29 is 0 Å². The first kappa shape index (κ1) is 16.9. The molecule has 0 saturated carbocycles. The van der Waals surface area contributed by atoms with Gasteiger partial charge in [0.25, 0.3) is 0 Å². The molecule has 1 nitrogen and oxygen atoms in total. The third-order valence-corrected chi connectivity index (χ3v) is 5.50. The number of hydrogen-bond donors (Lipinski definition) is 0. The lowest BCUT2D eigenvalue weighted by atomic mass is 10.0. The van der Waals surface area contributed by atoms with Gasteiger partial charge in [-0.25, -0.2) is 0 Å². The summed E-state index contributed by atoms with van der Waals surface area (Å²) in [6, 6.07) is 38.3. The third kappa shape index (κ3) is 3.65. The number of benzene rings is 4. The highest BCUT2D eigenvalue weighted by molar-refractivity contribution is 14.1. The van der Waals surface area contributed by atoms with E-state index in [9.17, 15) is 0 Å². The molecular formula is C24H18IN. The molecule has 0 aromatic heterocycles. The Labute approximate surface area is 168 Å². The van der Waals surface area contributed by atoms with Crippen LogP contribution in [0, 0.1) is 0 Å². The summed E-state index contributed by atoms with van der Waals surface area (Å²) in [4.78, 5) is 0. The molecule has 2 heteroatoms. The van der Waals surface area contributed by atoms with E-state index in [-0.39, 0.29) is 0 Å². The number of nitrogens with zero attached hydrogens (tertiary/aromatic N) is 1. The fourth-order valence-electron chi connectivity index (χ4n) is 3.00. The van der Waals surface area contributed by atoms with Gasteiger partial charge in [-0.3, -0.25) is 3.11 Å². The van der Waals surface area contributed by atoms with E-state index in [0.717, 1.165) is 5.69 Å². The highest BCUT2D eigenvalue weighted by atomic mass is 127. The molecule has 0 heterocycles. The maximum absolute atomic E-state index is 2.37. The number of anilines is 2. The van der Waals surface area contributed by atoms with E-state index < -0.39 is 0 Å². The molecule has 0 saturated heterocycles. The second kappa shape index (κ2) is 7.75. The van der Waals surface area contributed by atoms with Crippen molar-refractivity contribution in [2.24, 2.45) is 0 Å². The number of hydrogen-bond acceptors (Lipinski definition) is 1. The first-order valence-corrected chi connectivity index (χ1v) is 9.55. The van der Waals surface area contributed by atoms with E-state index >= 15 is 0 Å². The first-order chi connectivity index (χ1) is 12.8. The zero-order chi connectivity index (χ0) is 17.8. The molecule has 0 unspecified atom stereocenters. The lowest BCUT2D eigenvalue weighted by Gasteiger charge is -2.18. The van der Waals surface area contributed by atoms with E-state index in [2.05, 4.69) is 123 Å². The van der Waals surface area contributed by atoms with Crippen LogP contribution < -0.4 is 3.11 Å². The van der Waals surface area contributed by atoms with Crippen molar-refractivity contribution in [3.8, 4) is 22.3 Å². The fourth-order valence-corrected chi connectivity index (χ4v) is 3.62. The SMILES string of the molecule is IN(c1ccc(-c2ccccc2)cc1)c1cccc(-c2ccccc2)c1. The molecule has 126 valence electrons. The Bertz CT molecular complexity index is 979. The molecule has 4 rings (SSSR count). The summed E-state index contributed by atoms with van der Waals surface area (Å²) in [5.74, 6) is 0. The summed E-state index contributed by atoms with van der Waals surface area (Å²) < 4.78 is 2.19. The second-order valence-corrected chi connectivity index (χ2v) is 7.07. The number of halogens is 1. The lowest BCUT2D eigenvalue weighted by Crippen LogP contribution is -2.00. The zero-order valence-corrected chi connectivity index (χ0v) is 16.4. The van der Waals surface area contributed by atoms with Crippen molar-refractivity contribution in [2.45, 2.75) is 0 Å². The molecule has 0 spiro atoms. The molecule has 0 radical (unpaired) electrons. The smallest absolute Gasteiger partial charge is 0.0646 e. The summed E-state index contributed by atoms with van der Waals surface area (Å²) in [7, 11) is 0. The summed E-state index contributed by atoms with van der Waals surface area (Å²) in [6.45, 7) is 0. The summed E-state index contributed by atoms with van der Waals surface area (Å²) >= 11 is 2.37. The van der Waals surface area contributed by atoms with Crippen LogP contribution in [0.15, 0.2) is 109 Å². The predicted molar refractivity (Wildman–Crippen MR) is 120 cm³/mol. The van der Waals surface area contributed by atoms with Gasteiger partial charge in [0.15, 0.2) is 0 Å². The Kier molecular flexibility index (Phi) is 5.02. The van der Waals surface area contributed by atoms with Crippen LogP contribution in [0.3, 0.4) is 0 Å². The fraction of sp³-hybridized carbons (Fsp3) is 0. The summed E-state index contributed by atoms with van der Waals surface area (Å²) in [5, 5.41) is 0. The van der Waals surface area contributed by atoms with Gasteiger partial charge in [-0.1, -0.05) is 84.9 Å². The van der Waals surface area contributed by atoms with Gasteiger partial charge in [0, 0.05) is 0 Å². The largest absolute Gasteiger partial charge is 0.283 e. The maximum atomic E-state index is 2.37. The molecule has 0 fully saturated rings. The molecule has 0 bridgehead atoms. The van der Waals surface area contributed by atoms with Gasteiger partial charge < -0.3 is 0 Å². The minimum absolute atomic E-state index is 1.16. The lowest BCUT2D eigenvalue weighted by molar-refractivity contribution is 1.46. The molecule has 0 atom stereocenters. The molecule has 0 aliphatic carbocycles. The van der Waals surface area contributed by atoms with Gasteiger partial charge in [0.05, 0.1) is 34.2 Å². The van der Waals surface area contributed by atoms with E-state index in [1.165, 1.54) is 27.9 Å². The summed E-state index contributed by atoms with van der Waals surface area (Å²) in [5.41, 5.74) is 7.27. The average Bonchev–Trinajstić information content (AvgIpc) is 2.75. The van der Waals surface area contributed by atoms with Crippen LogP contribution in [-0.2, 0) is 0 Å². The Morgan fingerprint density at radius 2 is 0.923 bits per heavy atom. The second-order valence-electron chi connectivity index (χ2n) is 6.11. The van der Waals surface area contributed by atoms with E-state index in [4.69, 9.17) is 0 Å². The van der Waals surface area contributed by atoms with Crippen LogP contribution in [0.25, 0.3) is 22.3 Å². The van der Waals surface area contributed by atoms with Gasteiger partial charge in [-0.05, 0) is 46.5 Å². The monoisotopic (exact) mass is 447 g/mol. The molecule has 0 aliphatic rings. The van der Waals surface area contributed by atoms with Gasteiger partial charge in [-0.15, -0.1) is 0 Å². The maximum Gasteiger partial charge on any atom is 0.0646 e. The topological polar surface area (TPSA) is 3.24 Å². The van der Waals surface area contributed by atoms with Crippen LogP contribution in [0.2, 0.25) is 0 Å². The van der Waals surface area contributed by atoms with Crippen molar-refractivity contribution in [1.82, 2.24) is 0 Å². The normalized spacial score (nSPS) is 10.5. The molecule has 26 heavy (non-hydrogen) atoms. The van der Waals surface area contributed by atoms with Gasteiger partial charge in [-0.2, -0.15) is 0 Å². The van der Waals surface area contributed by atoms with Crippen molar-refractivity contribution in [1.29, 1.82) is 0 Å². The van der Waals surface area contributed by atoms with E-state index in [1.807, 2.05) is 12.1 Å². The molecule has 4 aromatic carbocycles. The standard InChI is InChI=1S/C24H18IN/c25-26(23-16-14-21(15-17-23)19-8-3-1-4-9-19)24-13-7-12-22(18-24)20-10-5-2-6-11-20/h1-18H. The third-order valence-electron chi connectivity index (χ3n) is 4.38.